The largest absolute Gasteiger partial charge is 0.417 e. The third-order valence-electron chi connectivity index (χ3n) is 3.44. The smallest absolute Gasteiger partial charge is 0.308 e. The first kappa shape index (κ1) is 19.8. The van der Waals surface area contributed by atoms with E-state index in [1.54, 1.807) is 18.2 Å². The number of rotatable bonds is 4. The van der Waals surface area contributed by atoms with E-state index in [4.69, 9.17) is 23.2 Å². The van der Waals surface area contributed by atoms with Crippen LogP contribution >= 0.6 is 23.2 Å². The Morgan fingerprint density at radius 2 is 1.86 bits per heavy atom. The summed E-state index contributed by atoms with van der Waals surface area (Å²) in [6, 6.07) is 7.01. The number of hydrogen-bond acceptors (Lipinski definition) is 5. The van der Waals surface area contributed by atoms with E-state index in [9.17, 15) is 22.8 Å². The van der Waals surface area contributed by atoms with Crippen molar-refractivity contribution in [3.05, 3.63) is 62.6 Å². The van der Waals surface area contributed by atoms with Gasteiger partial charge in [0.2, 0.25) is 5.91 Å². The molecule has 8 nitrogen and oxygen atoms in total. The zero-order valence-corrected chi connectivity index (χ0v) is 15.1. The maximum atomic E-state index is 12.6. The zero-order chi connectivity index (χ0) is 20.5. The van der Waals surface area contributed by atoms with Crippen molar-refractivity contribution in [3.8, 4) is 5.69 Å². The van der Waals surface area contributed by atoms with Gasteiger partial charge in [0, 0.05) is 6.20 Å². The summed E-state index contributed by atoms with van der Waals surface area (Å²) in [6.45, 7) is -0.567. The summed E-state index contributed by atoms with van der Waals surface area (Å²) in [5.41, 5.74) is -1.53. The molecular formula is C15H9Cl2F3N6O2. The average Bonchev–Trinajstić information content (AvgIpc) is 2.97. The number of nitrogens with zero attached hydrogens (tertiary/aromatic N) is 5. The van der Waals surface area contributed by atoms with E-state index in [1.165, 1.54) is 6.07 Å². The Hall–Kier alpha value is -2.92. The summed E-state index contributed by atoms with van der Waals surface area (Å²) >= 11 is 11.7. The monoisotopic (exact) mass is 432 g/mol. The van der Waals surface area contributed by atoms with Crippen LogP contribution in [0.3, 0.4) is 0 Å². The summed E-state index contributed by atoms with van der Waals surface area (Å²) in [7, 11) is 0. The fourth-order valence-corrected chi connectivity index (χ4v) is 2.57. The van der Waals surface area contributed by atoms with Crippen molar-refractivity contribution in [3.63, 3.8) is 0 Å². The Kier molecular flexibility index (Phi) is 5.38. The van der Waals surface area contributed by atoms with E-state index in [2.05, 4.69) is 20.7 Å². The Morgan fingerprint density at radius 1 is 1.14 bits per heavy atom. The number of benzene rings is 1. The number of nitrogens with one attached hydrogen (secondary N) is 1. The number of para-hydroxylation sites is 1. The highest BCUT2D eigenvalue weighted by Crippen LogP contribution is 2.32. The van der Waals surface area contributed by atoms with Crippen LogP contribution in [0.5, 0.6) is 0 Å². The SMILES string of the molecule is O=C(Cn1nnn(-c2ccccc2Cl)c1=O)Nc1ncc(C(F)(F)F)cc1Cl. The Labute approximate surface area is 164 Å². The predicted molar refractivity (Wildman–Crippen MR) is 93.5 cm³/mol. The lowest BCUT2D eigenvalue weighted by molar-refractivity contribution is -0.137. The Balaban J connectivity index is 1.76. The normalized spacial score (nSPS) is 11.5. The van der Waals surface area contributed by atoms with Gasteiger partial charge in [0.05, 0.1) is 21.3 Å². The lowest BCUT2D eigenvalue weighted by Crippen LogP contribution is -2.30. The van der Waals surface area contributed by atoms with Gasteiger partial charge in [0.15, 0.2) is 5.82 Å². The molecule has 0 radical (unpaired) electrons. The van der Waals surface area contributed by atoms with Gasteiger partial charge in [-0.3, -0.25) is 4.79 Å². The maximum absolute atomic E-state index is 12.6. The van der Waals surface area contributed by atoms with E-state index in [0.29, 0.717) is 12.3 Å². The van der Waals surface area contributed by atoms with Crippen LogP contribution in [-0.2, 0) is 17.5 Å². The molecule has 146 valence electrons. The van der Waals surface area contributed by atoms with E-state index < -0.39 is 34.9 Å². The number of halogens is 5. The van der Waals surface area contributed by atoms with Crippen LogP contribution in [-0.4, -0.2) is 30.7 Å². The van der Waals surface area contributed by atoms with Crippen LogP contribution in [0.25, 0.3) is 5.69 Å². The summed E-state index contributed by atoms with van der Waals surface area (Å²) in [6.07, 6.45) is -4.09. The summed E-state index contributed by atoms with van der Waals surface area (Å²) in [4.78, 5) is 27.9. The number of anilines is 1. The minimum absolute atomic E-state index is 0.252. The van der Waals surface area contributed by atoms with Gasteiger partial charge < -0.3 is 5.32 Å². The highest BCUT2D eigenvalue weighted by molar-refractivity contribution is 6.33. The minimum atomic E-state index is -4.62. The van der Waals surface area contributed by atoms with Gasteiger partial charge in [0.25, 0.3) is 0 Å². The molecule has 3 rings (SSSR count). The van der Waals surface area contributed by atoms with Crippen LogP contribution < -0.4 is 11.0 Å². The first-order chi connectivity index (χ1) is 13.2. The number of carbonyl (C=O) groups excluding carboxylic acids is 1. The second-order valence-corrected chi connectivity index (χ2v) is 6.20. The molecule has 0 spiro atoms. The lowest BCUT2D eigenvalue weighted by atomic mass is 10.3. The highest BCUT2D eigenvalue weighted by Gasteiger charge is 2.31. The second kappa shape index (κ2) is 7.60. The standard InChI is InChI=1S/C15H9Cl2F3N6O2/c16-9-3-1-2-4-11(9)26-14(28)25(23-24-26)7-12(27)22-13-10(17)5-8(6-21-13)15(18,19)20/h1-6H,7H2,(H,21,22,27). The molecule has 0 aliphatic carbocycles. The minimum Gasteiger partial charge on any atom is -0.308 e. The fourth-order valence-electron chi connectivity index (χ4n) is 2.14. The highest BCUT2D eigenvalue weighted by atomic mass is 35.5. The van der Waals surface area contributed by atoms with Gasteiger partial charge in [-0.15, -0.1) is 0 Å². The van der Waals surface area contributed by atoms with Gasteiger partial charge in [-0.25, -0.2) is 9.78 Å². The zero-order valence-electron chi connectivity index (χ0n) is 13.6. The number of hydrogen-bond donors (Lipinski definition) is 1. The van der Waals surface area contributed by atoms with Crippen LogP contribution in [0.15, 0.2) is 41.3 Å². The van der Waals surface area contributed by atoms with Crippen molar-refractivity contribution in [2.75, 3.05) is 5.32 Å². The third-order valence-corrected chi connectivity index (χ3v) is 4.05. The van der Waals surface area contributed by atoms with Gasteiger partial charge >= 0.3 is 11.9 Å². The number of carbonyl (C=O) groups is 1. The van der Waals surface area contributed by atoms with Crippen LogP contribution in [0.4, 0.5) is 19.0 Å². The molecule has 0 aliphatic heterocycles. The molecule has 2 heterocycles. The predicted octanol–water partition coefficient (Wildman–Crippen LogP) is 2.79. The topological polar surface area (TPSA) is 94.7 Å². The number of aromatic nitrogens is 5. The van der Waals surface area contributed by atoms with Gasteiger partial charge in [-0.1, -0.05) is 35.3 Å². The molecule has 2 aromatic heterocycles. The van der Waals surface area contributed by atoms with Gasteiger partial charge in [-0.2, -0.15) is 22.5 Å². The van der Waals surface area contributed by atoms with Crippen LogP contribution in [0.2, 0.25) is 10.0 Å². The molecule has 0 atom stereocenters. The van der Waals surface area contributed by atoms with Crippen LogP contribution in [0, 0.1) is 0 Å². The first-order valence-electron chi connectivity index (χ1n) is 7.47. The van der Waals surface area contributed by atoms with E-state index >= 15 is 0 Å². The van der Waals surface area contributed by atoms with Crippen molar-refractivity contribution in [2.24, 2.45) is 0 Å². The van der Waals surface area contributed by atoms with Gasteiger partial charge in [0.1, 0.15) is 6.54 Å². The van der Waals surface area contributed by atoms with Gasteiger partial charge in [-0.05, 0) is 28.6 Å². The average molecular weight is 433 g/mol. The van der Waals surface area contributed by atoms with Crippen molar-refractivity contribution in [1.29, 1.82) is 0 Å². The lowest BCUT2D eigenvalue weighted by Gasteiger charge is -2.09. The van der Waals surface area contributed by atoms with Crippen molar-refractivity contribution >= 4 is 34.9 Å². The summed E-state index contributed by atoms with van der Waals surface area (Å²) < 4.78 is 39.5. The number of tetrazole rings is 1. The number of amides is 1. The van der Waals surface area contributed by atoms with Crippen molar-refractivity contribution < 1.29 is 18.0 Å². The molecular weight excluding hydrogens is 424 g/mol. The quantitative estimate of drug-likeness (QED) is 0.683. The molecule has 0 unspecified atom stereocenters. The fraction of sp³-hybridized carbons (Fsp3) is 0.133. The molecule has 1 N–H and O–H groups in total. The van der Waals surface area contributed by atoms with E-state index in [1.807, 2.05) is 0 Å². The van der Waals surface area contributed by atoms with Crippen molar-refractivity contribution in [1.82, 2.24) is 24.8 Å². The van der Waals surface area contributed by atoms with Crippen LogP contribution in [0.1, 0.15) is 5.56 Å². The van der Waals surface area contributed by atoms with E-state index in [-0.39, 0.29) is 16.5 Å². The Morgan fingerprint density at radius 3 is 2.50 bits per heavy atom. The molecule has 1 amide bonds. The molecule has 0 bridgehead atoms. The number of alkyl halides is 3. The molecule has 0 aliphatic rings. The molecule has 13 heteroatoms. The Bertz CT molecular complexity index is 1100. The molecule has 3 aromatic rings. The molecule has 0 saturated heterocycles. The third kappa shape index (κ3) is 4.15. The molecule has 28 heavy (non-hydrogen) atoms. The first-order valence-corrected chi connectivity index (χ1v) is 8.22. The molecule has 0 saturated carbocycles. The molecule has 0 fully saturated rings. The summed E-state index contributed by atoms with van der Waals surface area (Å²) in [5, 5.41) is 9.29. The number of pyridine rings is 1. The maximum Gasteiger partial charge on any atom is 0.417 e. The second-order valence-electron chi connectivity index (χ2n) is 5.38. The molecule has 1 aromatic carbocycles. The summed E-state index contributed by atoms with van der Waals surface area (Å²) in [5.74, 6) is -1.08. The van der Waals surface area contributed by atoms with Crippen molar-refractivity contribution in [2.45, 2.75) is 12.7 Å². The van der Waals surface area contributed by atoms with E-state index in [0.717, 1.165) is 9.36 Å².